The SMILES string of the molecule is O=C(C(Cl)c1ccc(Cl)c(Br)c1)N1CCOCC1. The van der Waals surface area contributed by atoms with Crippen molar-refractivity contribution in [3.8, 4) is 0 Å². The van der Waals surface area contributed by atoms with Gasteiger partial charge in [-0.3, -0.25) is 4.79 Å². The summed E-state index contributed by atoms with van der Waals surface area (Å²) in [7, 11) is 0. The Hall–Kier alpha value is -0.290. The summed E-state index contributed by atoms with van der Waals surface area (Å²) in [6.07, 6.45) is 0. The Morgan fingerprint density at radius 1 is 1.39 bits per heavy atom. The van der Waals surface area contributed by atoms with E-state index in [4.69, 9.17) is 27.9 Å². The topological polar surface area (TPSA) is 29.5 Å². The molecule has 98 valence electrons. The van der Waals surface area contributed by atoms with E-state index in [-0.39, 0.29) is 5.91 Å². The molecule has 3 nitrogen and oxygen atoms in total. The van der Waals surface area contributed by atoms with Crippen LogP contribution in [0.4, 0.5) is 0 Å². The van der Waals surface area contributed by atoms with Crippen LogP contribution in [0.3, 0.4) is 0 Å². The van der Waals surface area contributed by atoms with E-state index in [1.165, 1.54) is 0 Å². The van der Waals surface area contributed by atoms with Gasteiger partial charge in [0, 0.05) is 17.6 Å². The van der Waals surface area contributed by atoms with E-state index in [9.17, 15) is 4.79 Å². The highest BCUT2D eigenvalue weighted by atomic mass is 79.9. The second-order valence-corrected chi connectivity index (χ2v) is 5.67. The van der Waals surface area contributed by atoms with Crippen LogP contribution in [-0.2, 0) is 9.53 Å². The molecule has 1 unspecified atom stereocenters. The number of benzene rings is 1. The Kier molecular flexibility index (Phi) is 4.90. The summed E-state index contributed by atoms with van der Waals surface area (Å²) in [5, 5.41) is -0.0851. The quantitative estimate of drug-likeness (QED) is 0.764. The van der Waals surface area contributed by atoms with Gasteiger partial charge in [0.1, 0.15) is 5.38 Å². The average molecular weight is 353 g/mol. The third-order valence-electron chi connectivity index (χ3n) is 2.78. The van der Waals surface area contributed by atoms with E-state index < -0.39 is 5.38 Å². The second kappa shape index (κ2) is 6.24. The Morgan fingerprint density at radius 3 is 2.67 bits per heavy atom. The molecular formula is C12H12BrCl2NO2. The number of morpholine rings is 1. The van der Waals surface area contributed by atoms with Gasteiger partial charge in [-0.25, -0.2) is 0 Å². The maximum atomic E-state index is 12.2. The summed E-state index contributed by atoms with van der Waals surface area (Å²) >= 11 is 15.5. The zero-order valence-electron chi connectivity index (χ0n) is 9.54. The molecule has 2 rings (SSSR count). The van der Waals surface area contributed by atoms with Crippen LogP contribution in [0.1, 0.15) is 10.9 Å². The van der Waals surface area contributed by atoms with Crippen molar-refractivity contribution in [3.63, 3.8) is 0 Å². The first-order valence-corrected chi connectivity index (χ1v) is 7.16. The first-order chi connectivity index (χ1) is 8.59. The molecule has 1 aliphatic rings. The lowest BCUT2D eigenvalue weighted by Gasteiger charge is -2.28. The Labute approximate surface area is 124 Å². The number of hydrogen-bond donors (Lipinski definition) is 0. The van der Waals surface area contributed by atoms with Gasteiger partial charge in [0.05, 0.1) is 18.2 Å². The maximum absolute atomic E-state index is 12.2. The fourth-order valence-corrected chi connectivity index (χ4v) is 2.54. The van der Waals surface area contributed by atoms with Crippen LogP contribution in [0.2, 0.25) is 5.02 Å². The number of rotatable bonds is 2. The molecule has 1 aliphatic heterocycles. The highest BCUT2D eigenvalue weighted by Gasteiger charge is 2.25. The number of alkyl halides is 1. The third kappa shape index (κ3) is 3.18. The molecule has 1 aromatic carbocycles. The maximum Gasteiger partial charge on any atom is 0.245 e. The van der Waals surface area contributed by atoms with Crippen LogP contribution in [0.5, 0.6) is 0 Å². The van der Waals surface area contributed by atoms with Crippen molar-refractivity contribution in [1.29, 1.82) is 0 Å². The van der Waals surface area contributed by atoms with Gasteiger partial charge in [0.2, 0.25) is 5.91 Å². The lowest BCUT2D eigenvalue weighted by molar-refractivity contribution is -0.134. The van der Waals surface area contributed by atoms with Crippen LogP contribution >= 0.6 is 39.1 Å². The number of amides is 1. The highest BCUT2D eigenvalue weighted by molar-refractivity contribution is 9.10. The van der Waals surface area contributed by atoms with E-state index in [2.05, 4.69) is 15.9 Å². The molecule has 18 heavy (non-hydrogen) atoms. The second-order valence-electron chi connectivity index (χ2n) is 3.97. The molecule has 0 spiro atoms. The normalized spacial score (nSPS) is 17.6. The van der Waals surface area contributed by atoms with Crippen LogP contribution < -0.4 is 0 Å². The number of hydrogen-bond acceptors (Lipinski definition) is 2. The molecule has 0 saturated carbocycles. The van der Waals surface area contributed by atoms with Crippen molar-refractivity contribution in [2.75, 3.05) is 26.3 Å². The zero-order chi connectivity index (χ0) is 13.1. The van der Waals surface area contributed by atoms with Crippen LogP contribution in [-0.4, -0.2) is 37.1 Å². The van der Waals surface area contributed by atoms with E-state index in [0.717, 1.165) is 10.0 Å². The van der Waals surface area contributed by atoms with Crippen LogP contribution in [0.25, 0.3) is 0 Å². The summed E-state index contributed by atoms with van der Waals surface area (Å²) in [5.74, 6) is -0.0887. The number of ether oxygens (including phenoxy) is 1. The molecule has 6 heteroatoms. The summed E-state index contributed by atoms with van der Waals surface area (Å²) in [6, 6.07) is 5.27. The molecule has 0 aliphatic carbocycles. The van der Waals surface area contributed by atoms with E-state index in [0.29, 0.717) is 31.3 Å². The molecule has 1 heterocycles. The Morgan fingerprint density at radius 2 is 2.06 bits per heavy atom. The minimum atomic E-state index is -0.684. The van der Waals surface area contributed by atoms with E-state index >= 15 is 0 Å². The minimum absolute atomic E-state index is 0.0887. The minimum Gasteiger partial charge on any atom is -0.378 e. The van der Waals surface area contributed by atoms with Crippen molar-refractivity contribution >= 4 is 45.0 Å². The molecule has 1 amide bonds. The predicted molar refractivity (Wildman–Crippen MR) is 75.1 cm³/mol. The lowest BCUT2D eigenvalue weighted by Crippen LogP contribution is -2.42. The zero-order valence-corrected chi connectivity index (χ0v) is 12.6. The summed E-state index contributed by atoms with van der Waals surface area (Å²) in [6.45, 7) is 2.33. The van der Waals surface area contributed by atoms with Gasteiger partial charge in [-0.05, 0) is 33.6 Å². The van der Waals surface area contributed by atoms with Crippen LogP contribution in [0.15, 0.2) is 22.7 Å². The highest BCUT2D eigenvalue weighted by Crippen LogP contribution is 2.30. The standard InChI is InChI=1S/C12H12BrCl2NO2/c13-9-7-8(1-2-10(9)14)11(15)12(17)16-3-5-18-6-4-16/h1-2,7,11H,3-6H2. The molecule has 1 fully saturated rings. The number of nitrogens with zero attached hydrogens (tertiary/aromatic N) is 1. The van der Waals surface area contributed by atoms with Gasteiger partial charge in [0.15, 0.2) is 0 Å². The van der Waals surface area contributed by atoms with E-state index in [1.807, 2.05) is 0 Å². The van der Waals surface area contributed by atoms with E-state index in [1.54, 1.807) is 23.1 Å². The van der Waals surface area contributed by atoms with Gasteiger partial charge < -0.3 is 9.64 Å². The third-order valence-corrected chi connectivity index (χ3v) is 4.43. The molecule has 0 bridgehead atoms. The van der Waals surface area contributed by atoms with Crippen molar-refractivity contribution in [3.05, 3.63) is 33.3 Å². The van der Waals surface area contributed by atoms with Crippen molar-refractivity contribution in [2.45, 2.75) is 5.38 Å². The average Bonchev–Trinajstić information content (AvgIpc) is 2.41. The van der Waals surface area contributed by atoms with Crippen molar-refractivity contribution in [1.82, 2.24) is 4.90 Å². The molecular weight excluding hydrogens is 341 g/mol. The largest absolute Gasteiger partial charge is 0.378 e. The molecule has 1 atom stereocenters. The predicted octanol–water partition coefficient (Wildman–Crippen LogP) is 3.24. The number of carbonyl (C=O) groups is 1. The molecule has 0 N–H and O–H groups in total. The number of carbonyl (C=O) groups excluding carboxylic acids is 1. The lowest BCUT2D eigenvalue weighted by atomic mass is 10.1. The summed E-state index contributed by atoms with van der Waals surface area (Å²) in [5.41, 5.74) is 0.740. The van der Waals surface area contributed by atoms with Gasteiger partial charge in [-0.2, -0.15) is 0 Å². The molecule has 0 radical (unpaired) electrons. The van der Waals surface area contributed by atoms with Crippen LogP contribution in [0, 0.1) is 0 Å². The van der Waals surface area contributed by atoms with Gasteiger partial charge in [-0.1, -0.05) is 17.7 Å². The molecule has 1 aromatic rings. The smallest absolute Gasteiger partial charge is 0.245 e. The van der Waals surface area contributed by atoms with Crippen molar-refractivity contribution < 1.29 is 9.53 Å². The first kappa shape index (κ1) is 14.1. The van der Waals surface area contributed by atoms with Crippen molar-refractivity contribution in [2.24, 2.45) is 0 Å². The fourth-order valence-electron chi connectivity index (χ4n) is 1.76. The summed E-state index contributed by atoms with van der Waals surface area (Å²) < 4.78 is 5.95. The molecule has 0 aromatic heterocycles. The Balaban J connectivity index is 2.11. The first-order valence-electron chi connectivity index (χ1n) is 5.55. The van der Waals surface area contributed by atoms with Gasteiger partial charge in [0.25, 0.3) is 0 Å². The fraction of sp³-hybridized carbons (Fsp3) is 0.417. The summed E-state index contributed by atoms with van der Waals surface area (Å²) in [4.78, 5) is 13.9. The van der Waals surface area contributed by atoms with Gasteiger partial charge in [-0.15, -0.1) is 11.6 Å². The Bertz CT molecular complexity index is 450. The molecule has 1 saturated heterocycles. The monoisotopic (exact) mass is 351 g/mol. The van der Waals surface area contributed by atoms with Gasteiger partial charge >= 0.3 is 0 Å². The number of halogens is 3.